The second-order valence-electron chi connectivity index (χ2n) is 10.3. The summed E-state index contributed by atoms with van der Waals surface area (Å²) in [6, 6.07) is 13.2. The third-order valence-electron chi connectivity index (χ3n) is 6.87. The lowest BCUT2D eigenvalue weighted by Crippen LogP contribution is -2.13. The van der Waals surface area contributed by atoms with Gasteiger partial charge in [-0.3, -0.25) is 4.79 Å². The molecular weight excluding hydrogens is 592 g/mol. The van der Waals surface area contributed by atoms with E-state index in [1.54, 1.807) is 18.2 Å². The summed E-state index contributed by atoms with van der Waals surface area (Å²) >= 11 is 8.20. The molecule has 0 spiro atoms. The first kappa shape index (κ1) is 33.6. The minimum atomic E-state index is -0.167. The number of nitrogens with zero attached hydrogens (tertiary/aromatic N) is 1. The highest BCUT2D eigenvalue weighted by atomic mass is 79.9. The first-order valence-corrected chi connectivity index (χ1v) is 15.8. The van der Waals surface area contributed by atoms with E-state index in [1.807, 2.05) is 23.9 Å². The molecule has 1 heterocycles. The van der Waals surface area contributed by atoms with Crippen molar-refractivity contribution in [2.45, 2.75) is 97.4 Å². The van der Waals surface area contributed by atoms with Gasteiger partial charge < -0.3 is 15.0 Å². The molecule has 3 rings (SSSR count). The van der Waals surface area contributed by atoms with Gasteiger partial charge in [0.1, 0.15) is 5.75 Å². The summed E-state index contributed by atoms with van der Waals surface area (Å²) in [4.78, 5) is 16.5. The average Bonchev–Trinajstić information content (AvgIpc) is 3.33. The molecule has 2 aromatic carbocycles. The molecule has 1 aliphatic rings. The summed E-state index contributed by atoms with van der Waals surface area (Å²) in [6.07, 6.45) is 17.9. The first-order valence-electron chi connectivity index (χ1n) is 14.4. The van der Waals surface area contributed by atoms with Crippen molar-refractivity contribution in [3.63, 3.8) is 0 Å². The number of hydrogen-bond acceptors (Lipinski definition) is 4. The van der Waals surface area contributed by atoms with E-state index in [1.165, 1.54) is 74.7 Å². The Bertz CT molecular complexity index is 1020. The molecule has 1 N–H and O–H groups in total. The lowest BCUT2D eigenvalue weighted by atomic mass is 10.1. The number of amides is 1. The van der Waals surface area contributed by atoms with Crippen molar-refractivity contribution in [3.05, 3.63) is 69.7 Å². The Balaban J connectivity index is 0.00000533. The number of ether oxygens (including phenoxy) is 1. The second kappa shape index (κ2) is 19.4. The van der Waals surface area contributed by atoms with Crippen LogP contribution in [-0.4, -0.2) is 23.3 Å². The van der Waals surface area contributed by atoms with E-state index in [0.29, 0.717) is 22.9 Å². The van der Waals surface area contributed by atoms with E-state index in [0.717, 1.165) is 31.0 Å². The molecule has 2 aromatic rings. The number of carbonyl (C=O) groups excluding carboxylic acids is 1. The van der Waals surface area contributed by atoms with E-state index < -0.39 is 0 Å². The van der Waals surface area contributed by atoms with E-state index in [9.17, 15) is 4.79 Å². The fourth-order valence-electron chi connectivity index (χ4n) is 4.62. The second-order valence-corrected chi connectivity index (χ2v) is 11.9. The number of rotatable bonds is 18. The Morgan fingerprint density at radius 1 is 0.923 bits per heavy atom. The van der Waals surface area contributed by atoms with Gasteiger partial charge in [0.2, 0.25) is 0 Å². The van der Waals surface area contributed by atoms with Crippen LogP contribution in [0.15, 0.2) is 53.6 Å². The standard InChI is InChI=1S/C32H45ClN2O2S.BrH/c1-3-4-5-6-7-8-9-10-11-12-13-14-21-37-31-22-28(17-20-30(31)33)32(36)34-29-18-15-27(16-19-29)24-35-23-26(2)38-25-35;/h15-20,22-23H,3-14,21,24-25H2,1-2H3,(H,34,36);1H. The predicted octanol–water partition coefficient (Wildman–Crippen LogP) is 10.6. The SMILES string of the molecule is Br.CCCCCCCCCCCCCCOc1cc(C(=O)Nc2ccc(CN3C=C(C)SC3)cc2)ccc1Cl. The van der Waals surface area contributed by atoms with Crippen LogP contribution in [-0.2, 0) is 6.54 Å². The Morgan fingerprint density at radius 2 is 1.54 bits per heavy atom. The molecule has 0 atom stereocenters. The molecule has 1 aliphatic heterocycles. The van der Waals surface area contributed by atoms with Gasteiger partial charge in [0, 0.05) is 24.0 Å². The van der Waals surface area contributed by atoms with Gasteiger partial charge in [-0.2, -0.15) is 0 Å². The van der Waals surface area contributed by atoms with Crippen LogP contribution in [0, 0.1) is 0 Å². The maximum absolute atomic E-state index is 12.8. The van der Waals surface area contributed by atoms with Crippen LogP contribution in [0.25, 0.3) is 0 Å². The van der Waals surface area contributed by atoms with Gasteiger partial charge in [-0.1, -0.05) is 101 Å². The van der Waals surface area contributed by atoms with Crippen molar-refractivity contribution in [2.75, 3.05) is 17.8 Å². The van der Waals surface area contributed by atoms with Crippen LogP contribution in [0.5, 0.6) is 5.75 Å². The van der Waals surface area contributed by atoms with Crippen LogP contribution < -0.4 is 10.1 Å². The van der Waals surface area contributed by atoms with Crippen molar-refractivity contribution >= 4 is 51.9 Å². The monoisotopic (exact) mass is 636 g/mol. The molecule has 0 aromatic heterocycles. The van der Waals surface area contributed by atoms with Crippen molar-refractivity contribution in [1.29, 1.82) is 0 Å². The van der Waals surface area contributed by atoms with Gasteiger partial charge in [0.05, 0.1) is 17.5 Å². The number of hydrogen-bond donors (Lipinski definition) is 1. The molecule has 0 aliphatic carbocycles. The highest BCUT2D eigenvalue weighted by Gasteiger charge is 2.12. The number of unbranched alkanes of at least 4 members (excludes halogenated alkanes) is 11. The molecule has 0 unspecified atom stereocenters. The Hall–Kier alpha value is -1.63. The molecule has 1 amide bonds. The summed E-state index contributed by atoms with van der Waals surface area (Å²) in [5, 5.41) is 3.52. The number of nitrogens with one attached hydrogen (secondary N) is 1. The number of benzene rings is 2. The van der Waals surface area contributed by atoms with Gasteiger partial charge in [0.25, 0.3) is 5.91 Å². The molecule has 7 heteroatoms. The fourth-order valence-corrected chi connectivity index (χ4v) is 5.55. The molecule has 0 saturated carbocycles. The topological polar surface area (TPSA) is 41.6 Å². The minimum absolute atomic E-state index is 0. The molecule has 4 nitrogen and oxygen atoms in total. The van der Waals surface area contributed by atoms with Crippen molar-refractivity contribution in [3.8, 4) is 5.75 Å². The summed E-state index contributed by atoms with van der Waals surface area (Å²) < 4.78 is 5.93. The summed E-state index contributed by atoms with van der Waals surface area (Å²) in [5.41, 5.74) is 2.53. The van der Waals surface area contributed by atoms with Crippen LogP contribution in [0.2, 0.25) is 5.02 Å². The number of thioether (sulfide) groups is 1. The van der Waals surface area contributed by atoms with Crippen LogP contribution in [0.3, 0.4) is 0 Å². The van der Waals surface area contributed by atoms with E-state index in [2.05, 4.69) is 42.4 Å². The summed E-state index contributed by atoms with van der Waals surface area (Å²) in [7, 11) is 0. The predicted molar refractivity (Wildman–Crippen MR) is 175 cm³/mol. The Morgan fingerprint density at radius 3 is 2.13 bits per heavy atom. The van der Waals surface area contributed by atoms with Gasteiger partial charge in [0.15, 0.2) is 0 Å². The van der Waals surface area contributed by atoms with Crippen LogP contribution in [0.4, 0.5) is 5.69 Å². The average molecular weight is 638 g/mol. The third-order valence-corrected chi connectivity index (χ3v) is 8.20. The highest BCUT2D eigenvalue weighted by molar-refractivity contribution is 8.93. The maximum Gasteiger partial charge on any atom is 0.255 e. The van der Waals surface area contributed by atoms with Crippen molar-refractivity contribution < 1.29 is 9.53 Å². The molecule has 216 valence electrons. The maximum atomic E-state index is 12.8. The largest absolute Gasteiger partial charge is 0.492 e. The summed E-state index contributed by atoms with van der Waals surface area (Å²) in [5.74, 6) is 1.40. The van der Waals surface area contributed by atoms with Crippen molar-refractivity contribution in [2.24, 2.45) is 0 Å². The molecule has 0 radical (unpaired) electrons. The fraction of sp³-hybridized carbons (Fsp3) is 0.531. The van der Waals surface area contributed by atoms with Gasteiger partial charge in [-0.25, -0.2) is 0 Å². The zero-order valence-corrected chi connectivity index (χ0v) is 27.0. The molecule has 39 heavy (non-hydrogen) atoms. The number of allylic oxidation sites excluding steroid dienone is 1. The van der Waals surface area contributed by atoms with Gasteiger partial charge >= 0.3 is 0 Å². The van der Waals surface area contributed by atoms with Gasteiger partial charge in [-0.15, -0.1) is 28.7 Å². The van der Waals surface area contributed by atoms with Crippen LogP contribution >= 0.6 is 40.3 Å². The van der Waals surface area contributed by atoms with Crippen LogP contribution in [0.1, 0.15) is 107 Å². The van der Waals surface area contributed by atoms with Crippen molar-refractivity contribution in [1.82, 2.24) is 4.90 Å². The van der Waals surface area contributed by atoms with E-state index >= 15 is 0 Å². The molecule has 0 fully saturated rings. The summed E-state index contributed by atoms with van der Waals surface area (Å²) in [6.45, 7) is 5.89. The zero-order valence-electron chi connectivity index (χ0n) is 23.7. The minimum Gasteiger partial charge on any atom is -0.492 e. The van der Waals surface area contributed by atoms with E-state index in [4.69, 9.17) is 16.3 Å². The number of halogens is 2. The van der Waals surface area contributed by atoms with Gasteiger partial charge in [-0.05, 0) is 54.1 Å². The molecule has 0 saturated heterocycles. The molecule has 0 bridgehead atoms. The number of anilines is 1. The lowest BCUT2D eigenvalue weighted by molar-refractivity contribution is 0.102. The van der Waals surface area contributed by atoms with E-state index in [-0.39, 0.29) is 22.9 Å². The normalized spacial score (nSPS) is 12.7. The smallest absolute Gasteiger partial charge is 0.255 e. The Labute approximate surface area is 256 Å². The highest BCUT2D eigenvalue weighted by Crippen LogP contribution is 2.28. The molecular formula is C32H46BrClN2O2S. The quantitative estimate of drug-likeness (QED) is 0.165. The number of carbonyl (C=O) groups is 1. The first-order chi connectivity index (χ1) is 18.5. The lowest BCUT2D eigenvalue weighted by Gasteiger charge is -2.15. The zero-order chi connectivity index (χ0) is 27.0. The Kier molecular flexibility index (Phi) is 16.7. The third kappa shape index (κ3) is 13.1.